The van der Waals surface area contributed by atoms with Gasteiger partial charge in [-0.25, -0.2) is 0 Å². The van der Waals surface area contributed by atoms with Gasteiger partial charge in [0.1, 0.15) is 0 Å². The predicted molar refractivity (Wildman–Crippen MR) is 85.7 cm³/mol. The lowest BCUT2D eigenvalue weighted by atomic mass is 9.70. The molecule has 3 heteroatoms. The van der Waals surface area contributed by atoms with Crippen LogP contribution in [0, 0.1) is 28.1 Å². The van der Waals surface area contributed by atoms with E-state index in [4.69, 9.17) is 0 Å². The molecule has 1 unspecified atom stereocenters. The average molecular weight is 292 g/mol. The summed E-state index contributed by atoms with van der Waals surface area (Å²) in [4.78, 5) is 1.18. The van der Waals surface area contributed by atoms with Crippen LogP contribution in [-0.4, -0.2) is 0 Å². The van der Waals surface area contributed by atoms with Gasteiger partial charge in [-0.3, -0.25) is 0 Å². The van der Waals surface area contributed by atoms with Crippen LogP contribution >= 0.6 is 11.3 Å². The SMILES string of the molecule is C=CCC(C#N)(C#N)C(Cc1cccs1)c1ccccc1. The molecule has 2 rings (SSSR count). The molecule has 2 aromatic rings. The molecule has 0 aliphatic heterocycles. The number of rotatable bonds is 6. The molecule has 0 radical (unpaired) electrons. The predicted octanol–water partition coefficient (Wildman–Crippen LogP) is 4.68. The fourth-order valence-corrected chi connectivity index (χ4v) is 3.29. The van der Waals surface area contributed by atoms with Gasteiger partial charge in [-0.1, -0.05) is 42.5 Å². The molecule has 0 aliphatic carbocycles. The first-order chi connectivity index (χ1) is 10.3. The van der Waals surface area contributed by atoms with E-state index in [1.54, 1.807) is 17.4 Å². The van der Waals surface area contributed by atoms with Gasteiger partial charge in [-0.05, 0) is 29.9 Å². The number of hydrogen-bond donors (Lipinski definition) is 0. The van der Waals surface area contributed by atoms with Crippen LogP contribution in [0.25, 0.3) is 0 Å². The average Bonchev–Trinajstić information content (AvgIpc) is 3.05. The van der Waals surface area contributed by atoms with E-state index in [1.165, 1.54) is 4.88 Å². The molecule has 0 fully saturated rings. The van der Waals surface area contributed by atoms with E-state index >= 15 is 0 Å². The van der Waals surface area contributed by atoms with Crippen molar-refractivity contribution in [3.63, 3.8) is 0 Å². The van der Waals surface area contributed by atoms with Crippen molar-refractivity contribution in [1.29, 1.82) is 10.5 Å². The van der Waals surface area contributed by atoms with Crippen molar-refractivity contribution in [2.45, 2.75) is 18.8 Å². The summed E-state index contributed by atoms with van der Waals surface area (Å²) < 4.78 is 0. The number of nitrogens with zero attached hydrogens (tertiary/aromatic N) is 2. The standard InChI is InChI=1S/C18H16N2S/c1-2-10-18(13-19,14-20)17(12-16-9-6-11-21-16)15-7-4-3-5-8-15/h2-9,11,17H,1,10,12H2. The van der Waals surface area contributed by atoms with E-state index < -0.39 is 5.41 Å². The lowest BCUT2D eigenvalue weighted by Gasteiger charge is -2.28. The van der Waals surface area contributed by atoms with Crippen LogP contribution in [0.1, 0.15) is 22.8 Å². The molecule has 0 saturated heterocycles. The molecule has 0 bridgehead atoms. The Morgan fingerprint density at radius 2 is 1.86 bits per heavy atom. The van der Waals surface area contributed by atoms with Gasteiger partial charge in [0.05, 0.1) is 12.1 Å². The molecule has 1 heterocycles. The summed E-state index contributed by atoms with van der Waals surface area (Å²) in [6.07, 6.45) is 2.72. The molecule has 1 atom stereocenters. The summed E-state index contributed by atoms with van der Waals surface area (Å²) in [6, 6.07) is 18.4. The minimum atomic E-state index is -1.08. The lowest BCUT2D eigenvalue weighted by molar-refractivity contribution is 0.412. The van der Waals surface area contributed by atoms with Crippen LogP contribution in [0.4, 0.5) is 0 Å². The molecule has 2 nitrogen and oxygen atoms in total. The third-order valence-corrected chi connectivity index (χ3v) is 4.55. The van der Waals surface area contributed by atoms with Crippen LogP contribution in [0.15, 0.2) is 60.5 Å². The van der Waals surface area contributed by atoms with Crippen LogP contribution in [0.5, 0.6) is 0 Å². The minimum Gasteiger partial charge on any atom is -0.197 e. The maximum atomic E-state index is 9.65. The number of thiophene rings is 1. The number of nitriles is 2. The quantitative estimate of drug-likeness (QED) is 0.725. The van der Waals surface area contributed by atoms with Gasteiger partial charge in [0.25, 0.3) is 0 Å². The van der Waals surface area contributed by atoms with Crippen LogP contribution in [0.3, 0.4) is 0 Å². The van der Waals surface area contributed by atoms with Crippen molar-refractivity contribution < 1.29 is 0 Å². The van der Waals surface area contributed by atoms with Crippen molar-refractivity contribution in [1.82, 2.24) is 0 Å². The van der Waals surface area contributed by atoms with Crippen molar-refractivity contribution in [2.24, 2.45) is 5.41 Å². The maximum Gasteiger partial charge on any atom is 0.154 e. The van der Waals surface area contributed by atoms with Gasteiger partial charge in [-0.2, -0.15) is 10.5 Å². The van der Waals surface area contributed by atoms with Crippen LogP contribution in [-0.2, 0) is 6.42 Å². The molecule has 104 valence electrons. The highest BCUT2D eigenvalue weighted by Crippen LogP contribution is 2.41. The van der Waals surface area contributed by atoms with E-state index in [2.05, 4.69) is 18.7 Å². The molecule has 0 N–H and O–H groups in total. The molecule has 1 aromatic heterocycles. The second-order valence-electron chi connectivity index (χ2n) is 4.93. The summed E-state index contributed by atoms with van der Waals surface area (Å²) >= 11 is 1.66. The zero-order valence-corrected chi connectivity index (χ0v) is 12.5. The maximum absolute atomic E-state index is 9.65. The van der Waals surface area contributed by atoms with Gasteiger partial charge >= 0.3 is 0 Å². The Morgan fingerprint density at radius 3 is 2.38 bits per heavy atom. The monoisotopic (exact) mass is 292 g/mol. The van der Waals surface area contributed by atoms with Gasteiger partial charge < -0.3 is 0 Å². The normalized spacial score (nSPS) is 12.1. The molecule has 0 amide bonds. The Balaban J connectivity index is 2.47. The Morgan fingerprint density at radius 1 is 1.14 bits per heavy atom. The smallest absolute Gasteiger partial charge is 0.154 e. The number of benzene rings is 1. The van der Waals surface area contributed by atoms with Crippen LogP contribution < -0.4 is 0 Å². The Kier molecular flexibility index (Phi) is 4.93. The molecule has 0 saturated carbocycles. The highest BCUT2D eigenvalue weighted by atomic mass is 32.1. The van der Waals surface area contributed by atoms with Gasteiger partial charge in [-0.15, -0.1) is 17.9 Å². The van der Waals surface area contributed by atoms with Gasteiger partial charge in [0.15, 0.2) is 5.41 Å². The summed E-state index contributed by atoms with van der Waals surface area (Å²) in [5.41, 5.74) is -0.0524. The van der Waals surface area contributed by atoms with E-state index in [9.17, 15) is 10.5 Å². The Labute approximate surface area is 129 Å². The third-order valence-electron chi connectivity index (χ3n) is 3.65. The zero-order valence-electron chi connectivity index (χ0n) is 11.7. The number of hydrogen-bond acceptors (Lipinski definition) is 3. The van der Waals surface area contributed by atoms with Gasteiger partial charge in [0, 0.05) is 10.8 Å². The van der Waals surface area contributed by atoms with E-state index in [-0.39, 0.29) is 5.92 Å². The topological polar surface area (TPSA) is 47.6 Å². The molecule has 21 heavy (non-hydrogen) atoms. The first-order valence-corrected chi connectivity index (χ1v) is 7.64. The first kappa shape index (κ1) is 15.0. The highest BCUT2D eigenvalue weighted by Gasteiger charge is 2.39. The van der Waals surface area contributed by atoms with E-state index in [1.807, 2.05) is 47.8 Å². The van der Waals surface area contributed by atoms with Crippen LogP contribution in [0.2, 0.25) is 0 Å². The zero-order chi connectivity index (χ0) is 15.1. The molecule has 1 aromatic carbocycles. The van der Waals surface area contributed by atoms with Gasteiger partial charge in [0.2, 0.25) is 0 Å². The van der Waals surface area contributed by atoms with Crippen molar-refractivity contribution in [2.75, 3.05) is 0 Å². The summed E-state index contributed by atoms with van der Waals surface area (Å²) in [6.45, 7) is 3.71. The minimum absolute atomic E-state index is 0.162. The molecular formula is C18H16N2S. The number of allylic oxidation sites excluding steroid dienone is 1. The molecular weight excluding hydrogens is 276 g/mol. The molecule has 0 aliphatic rings. The van der Waals surface area contributed by atoms with Crippen molar-refractivity contribution in [3.05, 3.63) is 70.9 Å². The lowest BCUT2D eigenvalue weighted by Crippen LogP contribution is -2.27. The van der Waals surface area contributed by atoms with E-state index in [0.717, 1.165) is 5.56 Å². The first-order valence-electron chi connectivity index (χ1n) is 6.76. The Bertz CT molecular complexity index is 645. The summed E-state index contributed by atoms with van der Waals surface area (Å²) in [5, 5.41) is 21.3. The van der Waals surface area contributed by atoms with E-state index in [0.29, 0.717) is 12.8 Å². The fourth-order valence-electron chi connectivity index (χ4n) is 2.53. The third kappa shape index (κ3) is 3.21. The van der Waals surface area contributed by atoms with Crippen molar-refractivity contribution >= 4 is 11.3 Å². The largest absolute Gasteiger partial charge is 0.197 e. The fraction of sp³-hybridized carbons (Fsp3) is 0.222. The highest BCUT2D eigenvalue weighted by molar-refractivity contribution is 7.09. The second-order valence-corrected chi connectivity index (χ2v) is 5.97. The second kappa shape index (κ2) is 6.88. The summed E-state index contributed by atoms with van der Waals surface area (Å²) in [7, 11) is 0. The van der Waals surface area contributed by atoms with Crippen molar-refractivity contribution in [3.8, 4) is 12.1 Å². The Hall–Kier alpha value is -2.36. The molecule has 0 spiro atoms. The summed E-state index contributed by atoms with van der Waals surface area (Å²) in [5.74, 6) is -0.162.